The molecule has 0 aliphatic heterocycles. The molecule has 0 fully saturated rings. The number of rotatable bonds is 10. The van der Waals surface area contributed by atoms with Crippen molar-refractivity contribution in [1.29, 1.82) is 0 Å². The number of carbonyl (C=O) groups excluding carboxylic acids is 3. The number of nitrogens with one attached hydrogen (secondary N) is 2. The minimum absolute atomic E-state index is 0.131. The first-order valence-corrected chi connectivity index (χ1v) is 8.42. The van der Waals surface area contributed by atoms with E-state index in [1.165, 1.54) is 33.5 Å². The van der Waals surface area contributed by atoms with Crippen LogP contribution in [0.5, 0.6) is 17.2 Å². The van der Waals surface area contributed by atoms with E-state index in [9.17, 15) is 14.4 Å². The van der Waals surface area contributed by atoms with Crippen LogP contribution >= 0.6 is 0 Å². The van der Waals surface area contributed by atoms with Gasteiger partial charge in [-0.1, -0.05) is 6.92 Å². The second-order valence-corrected chi connectivity index (χ2v) is 5.57. The number of benzene rings is 1. The van der Waals surface area contributed by atoms with Gasteiger partial charge in [-0.25, -0.2) is 4.79 Å². The van der Waals surface area contributed by atoms with E-state index in [1.54, 1.807) is 6.92 Å². The topological polar surface area (TPSA) is 112 Å². The van der Waals surface area contributed by atoms with E-state index in [2.05, 4.69) is 10.6 Å². The molecule has 0 aliphatic rings. The minimum atomic E-state index is -0.743. The molecule has 1 atom stereocenters. The van der Waals surface area contributed by atoms with Crippen LogP contribution in [0.1, 0.15) is 30.6 Å². The third-order valence-corrected chi connectivity index (χ3v) is 3.55. The summed E-state index contributed by atoms with van der Waals surface area (Å²) in [4.78, 5) is 35.8. The number of amides is 2. The predicted octanol–water partition coefficient (Wildman–Crippen LogP) is 0.900. The van der Waals surface area contributed by atoms with Crippen molar-refractivity contribution in [3.63, 3.8) is 0 Å². The molecule has 27 heavy (non-hydrogen) atoms. The Morgan fingerprint density at radius 2 is 1.63 bits per heavy atom. The van der Waals surface area contributed by atoms with Crippen molar-refractivity contribution in [3.8, 4) is 17.2 Å². The summed E-state index contributed by atoms with van der Waals surface area (Å²) in [6.07, 6.45) is 0.790. The van der Waals surface area contributed by atoms with Gasteiger partial charge in [0.15, 0.2) is 18.1 Å². The van der Waals surface area contributed by atoms with Gasteiger partial charge >= 0.3 is 5.97 Å². The summed E-state index contributed by atoms with van der Waals surface area (Å²) in [5, 5.41) is 5.12. The summed E-state index contributed by atoms with van der Waals surface area (Å²) in [6, 6.07) is 2.11. The molecule has 9 nitrogen and oxygen atoms in total. The highest BCUT2D eigenvalue weighted by Gasteiger charge is 2.20. The molecule has 150 valence electrons. The Labute approximate surface area is 158 Å². The highest BCUT2D eigenvalue weighted by molar-refractivity contribution is 5.93. The SMILES string of the molecule is CCCNC(=O)[C@H](C)NC(=O)COC(=O)c1cc(OC)c(OC)c(OC)c1. The Bertz CT molecular complexity index is 651. The summed E-state index contributed by atoms with van der Waals surface area (Å²) >= 11 is 0. The lowest BCUT2D eigenvalue weighted by Gasteiger charge is -2.15. The molecule has 0 spiro atoms. The minimum Gasteiger partial charge on any atom is -0.493 e. The normalized spacial score (nSPS) is 11.1. The lowest BCUT2D eigenvalue weighted by Crippen LogP contribution is -2.46. The van der Waals surface area contributed by atoms with Gasteiger partial charge in [0.05, 0.1) is 26.9 Å². The zero-order valence-electron chi connectivity index (χ0n) is 16.2. The fourth-order valence-corrected chi connectivity index (χ4v) is 2.16. The van der Waals surface area contributed by atoms with Gasteiger partial charge in [-0.05, 0) is 25.5 Å². The maximum atomic E-state index is 12.2. The number of carbonyl (C=O) groups is 3. The highest BCUT2D eigenvalue weighted by Crippen LogP contribution is 2.38. The van der Waals surface area contributed by atoms with E-state index in [0.717, 1.165) is 6.42 Å². The molecule has 0 radical (unpaired) electrons. The Morgan fingerprint density at radius 1 is 1.04 bits per heavy atom. The van der Waals surface area contributed by atoms with Crippen LogP contribution in [0, 0.1) is 0 Å². The van der Waals surface area contributed by atoms with Crippen LogP contribution in [0.3, 0.4) is 0 Å². The fourth-order valence-electron chi connectivity index (χ4n) is 2.16. The highest BCUT2D eigenvalue weighted by atomic mass is 16.5. The molecule has 0 unspecified atom stereocenters. The van der Waals surface area contributed by atoms with Crippen LogP contribution in [0.25, 0.3) is 0 Å². The smallest absolute Gasteiger partial charge is 0.338 e. The molecule has 0 bridgehead atoms. The zero-order valence-corrected chi connectivity index (χ0v) is 16.2. The molecule has 1 aromatic rings. The predicted molar refractivity (Wildman–Crippen MR) is 97.3 cm³/mol. The number of hydrogen-bond acceptors (Lipinski definition) is 7. The Kier molecular flexibility index (Phi) is 8.91. The van der Waals surface area contributed by atoms with Gasteiger partial charge < -0.3 is 29.6 Å². The van der Waals surface area contributed by atoms with Crippen molar-refractivity contribution >= 4 is 17.8 Å². The average molecular weight is 382 g/mol. The van der Waals surface area contributed by atoms with E-state index in [4.69, 9.17) is 18.9 Å². The third kappa shape index (κ3) is 6.36. The summed E-state index contributed by atoms with van der Waals surface area (Å²) in [6.45, 7) is 3.46. The largest absolute Gasteiger partial charge is 0.493 e. The fraction of sp³-hybridized carbons (Fsp3) is 0.500. The van der Waals surface area contributed by atoms with Gasteiger partial charge in [0.1, 0.15) is 6.04 Å². The van der Waals surface area contributed by atoms with Crippen LogP contribution in [0.4, 0.5) is 0 Å². The van der Waals surface area contributed by atoms with E-state index < -0.39 is 24.5 Å². The van der Waals surface area contributed by atoms with Gasteiger partial charge in [-0.15, -0.1) is 0 Å². The van der Waals surface area contributed by atoms with Gasteiger partial charge in [0.25, 0.3) is 5.91 Å². The van der Waals surface area contributed by atoms with E-state index in [0.29, 0.717) is 12.3 Å². The Morgan fingerprint density at radius 3 is 2.11 bits per heavy atom. The lowest BCUT2D eigenvalue weighted by molar-refractivity contribution is -0.130. The van der Waals surface area contributed by atoms with E-state index in [1.807, 2.05) is 6.92 Å². The first-order valence-electron chi connectivity index (χ1n) is 8.42. The number of ether oxygens (including phenoxy) is 4. The van der Waals surface area contributed by atoms with Crippen molar-refractivity contribution < 1.29 is 33.3 Å². The van der Waals surface area contributed by atoms with Crippen molar-refractivity contribution in [2.75, 3.05) is 34.5 Å². The first kappa shape index (κ1) is 22.1. The van der Waals surface area contributed by atoms with Crippen LogP contribution in [0.15, 0.2) is 12.1 Å². The number of hydrogen-bond donors (Lipinski definition) is 2. The van der Waals surface area contributed by atoms with Crippen LogP contribution in [-0.4, -0.2) is 58.3 Å². The molecule has 0 saturated carbocycles. The van der Waals surface area contributed by atoms with E-state index >= 15 is 0 Å². The van der Waals surface area contributed by atoms with Crippen molar-refractivity contribution in [2.24, 2.45) is 0 Å². The molecule has 1 aromatic carbocycles. The molecule has 2 N–H and O–H groups in total. The van der Waals surface area contributed by atoms with Crippen LogP contribution in [0.2, 0.25) is 0 Å². The molecule has 9 heteroatoms. The first-order chi connectivity index (χ1) is 12.9. The molecule has 1 rings (SSSR count). The molecular formula is C18H26N2O7. The third-order valence-electron chi connectivity index (χ3n) is 3.55. The summed E-state index contributed by atoms with van der Waals surface area (Å²) in [5.41, 5.74) is 0.131. The van der Waals surface area contributed by atoms with Crippen molar-refractivity contribution in [3.05, 3.63) is 17.7 Å². The van der Waals surface area contributed by atoms with Gasteiger partial charge in [-0.2, -0.15) is 0 Å². The van der Waals surface area contributed by atoms with Gasteiger partial charge in [0, 0.05) is 6.54 Å². The molecule has 0 aromatic heterocycles. The summed E-state index contributed by atoms with van der Waals surface area (Å²) < 4.78 is 20.5. The molecule has 0 heterocycles. The Balaban J connectivity index is 2.69. The molecule has 0 aliphatic carbocycles. The van der Waals surface area contributed by atoms with Crippen molar-refractivity contribution in [1.82, 2.24) is 10.6 Å². The van der Waals surface area contributed by atoms with Gasteiger partial charge in [-0.3, -0.25) is 9.59 Å². The number of methoxy groups -OCH3 is 3. The summed E-state index contributed by atoms with van der Waals surface area (Å²) in [5.74, 6) is -0.728. The Hall–Kier alpha value is -2.97. The molecule has 0 saturated heterocycles. The second kappa shape index (κ2) is 10.9. The zero-order chi connectivity index (χ0) is 20.4. The van der Waals surface area contributed by atoms with Gasteiger partial charge in [0.2, 0.25) is 11.7 Å². The maximum absolute atomic E-state index is 12.2. The van der Waals surface area contributed by atoms with E-state index in [-0.39, 0.29) is 23.0 Å². The average Bonchev–Trinajstić information content (AvgIpc) is 2.68. The second-order valence-electron chi connectivity index (χ2n) is 5.57. The standard InChI is InChI=1S/C18H26N2O7/c1-6-7-19-17(22)11(2)20-15(21)10-27-18(23)12-8-13(24-3)16(26-5)14(9-12)25-4/h8-9,11H,6-7,10H2,1-5H3,(H,19,22)(H,20,21)/t11-/m0/s1. The molecule has 2 amide bonds. The van der Waals surface area contributed by atoms with Crippen LogP contribution < -0.4 is 24.8 Å². The molecular weight excluding hydrogens is 356 g/mol. The lowest BCUT2D eigenvalue weighted by atomic mass is 10.2. The maximum Gasteiger partial charge on any atom is 0.338 e. The monoisotopic (exact) mass is 382 g/mol. The summed E-state index contributed by atoms with van der Waals surface area (Å²) in [7, 11) is 4.29. The van der Waals surface area contributed by atoms with Crippen LogP contribution in [-0.2, 0) is 14.3 Å². The van der Waals surface area contributed by atoms with Crippen molar-refractivity contribution in [2.45, 2.75) is 26.3 Å². The number of esters is 1. The quantitative estimate of drug-likeness (QED) is 0.578.